The summed E-state index contributed by atoms with van der Waals surface area (Å²) >= 11 is 0. The normalized spacial score (nSPS) is 27.6. The molecular formula is C13H14N2O2. The van der Waals surface area contributed by atoms with E-state index in [2.05, 4.69) is 0 Å². The lowest BCUT2D eigenvalue weighted by Crippen LogP contribution is -2.59. The van der Waals surface area contributed by atoms with Crippen molar-refractivity contribution >= 4 is 11.5 Å². The molecule has 2 atom stereocenters. The Hall–Kier alpha value is -1.91. The first-order valence-corrected chi connectivity index (χ1v) is 5.28. The average molecular weight is 230 g/mol. The third kappa shape index (κ3) is 2.00. The SMILES string of the molecule is NC1C=C(c2ccccc2)C=CC1(N)C(=O)O. The van der Waals surface area contributed by atoms with Gasteiger partial charge in [0.2, 0.25) is 0 Å². The van der Waals surface area contributed by atoms with Gasteiger partial charge in [0.05, 0.1) is 6.04 Å². The van der Waals surface area contributed by atoms with Crippen molar-refractivity contribution in [3.05, 3.63) is 54.1 Å². The van der Waals surface area contributed by atoms with Gasteiger partial charge in [-0.1, -0.05) is 48.6 Å². The van der Waals surface area contributed by atoms with Crippen LogP contribution in [0.5, 0.6) is 0 Å². The molecule has 1 aromatic carbocycles. The summed E-state index contributed by atoms with van der Waals surface area (Å²) in [6.07, 6.45) is 4.83. The van der Waals surface area contributed by atoms with E-state index in [1.165, 1.54) is 6.08 Å². The predicted molar refractivity (Wildman–Crippen MR) is 66.1 cm³/mol. The van der Waals surface area contributed by atoms with Gasteiger partial charge in [-0.2, -0.15) is 0 Å². The first-order valence-electron chi connectivity index (χ1n) is 5.28. The molecule has 0 aromatic heterocycles. The zero-order valence-corrected chi connectivity index (χ0v) is 9.21. The molecule has 0 aliphatic heterocycles. The van der Waals surface area contributed by atoms with E-state index in [9.17, 15) is 4.79 Å². The maximum Gasteiger partial charge on any atom is 0.329 e. The van der Waals surface area contributed by atoms with Gasteiger partial charge in [0, 0.05) is 0 Å². The number of nitrogens with two attached hydrogens (primary N) is 2. The van der Waals surface area contributed by atoms with Gasteiger partial charge in [0.15, 0.2) is 5.54 Å². The second-order valence-electron chi connectivity index (χ2n) is 4.09. The molecule has 88 valence electrons. The van der Waals surface area contributed by atoms with Gasteiger partial charge in [0.1, 0.15) is 0 Å². The van der Waals surface area contributed by atoms with Crippen LogP contribution in [0.25, 0.3) is 5.57 Å². The molecule has 2 unspecified atom stereocenters. The lowest BCUT2D eigenvalue weighted by atomic mass is 9.84. The maximum atomic E-state index is 11.0. The van der Waals surface area contributed by atoms with E-state index in [0.29, 0.717) is 0 Å². The van der Waals surface area contributed by atoms with Crippen LogP contribution in [0.15, 0.2) is 48.6 Å². The van der Waals surface area contributed by atoms with Crippen LogP contribution >= 0.6 is 0 Å². The number of carboxylic acid groups (broad SMARTS) is 1. The molecule has 0 saturated heterocycles. The minimum atomic E-state index is -1.52. The summed E-state index contributed by atoms with van der Waals surface area (Å²) in [5, 5.41) is 9.04. The van der Waals surface area contributed by atoms with Gasteiger partial charge < -0.3 is 16.6 Å². The van der Waals surface area contributed by atoms with Gasteiger partial charge in [-0.25, -0.2) is 4.79 Å². The molecule has 4 nitrogen and oxygen atoms in total. The number of hydrogen-bond donors (Lipinski definition) is 3. The van der Waals surface area contributed by atoms with E-state index in [1.807, 2.05) is 30.3 Å². The fraction of sp³-hybridized carbons (Fsp3) is 0.154. The third-order valence-electron chi connectivity index (χ3n) is 2.93. The first-order chi connectivity index (χ1) is 8.04. The van der Waals surface area contributed by atoms with E-state index < -0.39 is 17.6 Å². The monoisotopic (exact) mass is 230 g/mol. The van der Waals surface area contributed by atoms with Crippen molar-refractivity contribution in [3.8, 4) is 0 Å². The number of rotatable bonds is 2. The predicted octanol–water partition coefficient (Wildman–Crippen LogP) is 0.749. The Kier molecular flexibility index (Phi) is 2.83. The van der Waals surface area contributed by atoms with Crippen LogP contribution in [0.4, 0.5) is 0 Å². The van der Waals surface area contributed by atoms with Gasteiger partial charge in [-0.3, -0.25) is 0 Å². The fourth-order valence-corrected chi connectivity index (χ4v) is 1.76. The summed E-state index contributed by atoms with van der Waals surface area (Å²) in [4.78, 5) is 11.0. The average Bonchev–Trinajstić information content (AvgIpc) is 2.33. The highest BCUT2D eigenvalue weighted by molar-refractivity contribution is 5.87. The number of carboxylic acids is 1. The second-order valence-corrected chi connectivity index (χ2v) is 4.09. The van der Waals surface area contributed by atoms with E-state index >= 15 is 0 Å². The summed E-state index contributed by atoms with van der Waals surface area (Å²) in [6.45, 7) is 0. The van der Waals surface area contributed by atoms with Crippen molar-refractivity contribution in [2.45, 2.75) is 11.6 Å². The van der Waals surface area contributed by atoms with Crippen molar-refractivity contribution in [2.24, 2.45) is 11.5 Å². The number of benzene rings is 1. The molecule has 5 N–H and O–H groups in total. The lowest BCUT2D eigenvalue weighted by Gasteiger charge is -2.29. The lowest BCUT2D eigenvalue weighted by molar-refractivity contribution is -0.141. The minimum absolute atomic E-state index is 0.736. The van der Waals surface area contributed by atoms with E-state index in [-0.39, 0.29) is 0 Å². The van der Waals surface area contributed by atoms with E-state index in [0.717, 1.165) is 11.1 Å². The highest BCUT2D eigenvalue weighted by Gasteiger charge is 2.38. The van der Waals surface area contributed by atoms with Gasteiger partial charge >= 0.3 is 5.97 Å². The van der Waals surface area contributed by atoms with Crippen LogP contribution in [0.1, 0.15) is 5.56 Å². The molecule has 0 spiro atoms. The Morgan fingerprint density at radius 3 is 2.47 bits per heavy atom. The molecule has 4 heteroatoms. The molecule has 1 aliphatic carbocycles. The molecule has 17 heavy (non-hydrogen) atoms. The zero-order valence-electron chi connectivity index (χ0n) is 9.21. The molecule has 0 radical (unpaired) electrons. The highest BCUT2D eigenvalue weighted by atomic mass is 16.4. The summed E-state index contributed by atoms with van der Waals surface area (Å²) in [6, 6.07) is 8.88. The zero-order chi connectivity index (χ0) is 12.5. The van der Waals surface area contributed by atoms with E-state index in [1.54, 1.807) is 12.2 Å². The van der Waals surface area contributed by atoms with Gasteiger partial charge in [-0.05, 0) is 11.1 Å². The largest absolute Gasteiger partial charge is 0.480 e. The van der Waals surface area contributed by atoms with Crippen LogP contribution < -0.4 is 11.5 Å². The standard InChI is InChI=1S/C13H14N2O2/c14-11-8-10(9-4-2-1-3-5-9)6-7-13(11,15)12(16)17/h1-8,11H,14-15H2,(H,16,17). The van der Waals surface area contributed by atoms with Crippen LogP contribution in [0.3, 0.4) is 0 Å². The van der Waals surface area contributed by atoms with Crippen LogP contribution in [0, 0.1) is 0 Å². The first kappa shape index (κ1) is 11.6. The van der Waals surface area contributed by atoms with Crippen LogP contribution in [-0.4, -0.2) is 22.7 Å². The maximum absolute atomic E-state index is 11.0. The molecule has 1 aliphatic rings. The Bertz CT molecular complexity index is 493. The topological polar surface area (TPSA) is 89.3 Å². The summed E-state index contributed by atoms with van der Waals surface area (Å²) in [5.41, 5.74) is 11.9. The van der Waals surface area contributed by atoms with Crippen molar-refractivity contribution in [2.75, 3.05) is 0 Å². The molecule has 1 aromatic rings. The van der Waals surface area contributed by atoms with E-state index in [4.69, 9.17) is 16.6 Å². The van der Waals surface area contributed by atoms with Crippen molar-refractivity contribution < 1.29 is 9.90 Å². The van der Waals surface area contributed by atoms with Crippen molar-refractivity contribution in [3.63, 3.8) is 0 Å². The number of aliphatic carboxylic acids is 1. The molecule has 0 amide bonds. The molecule has 0 bridgehead atoms. The molecule has 0 heterocycles. The molecule has 0 fully saturated rings. The number of carbonyl (C=O) groups is 1. The third-order valence-corrected chi connectivity index (χ3v) is 2.93. The smallest absolute Gasteiger partial charge is 0.329 e. The Labute approximate surface area is 99.2 Å². The number of hydrogen-bond acceptors (Lipinski definition) is 3. The molecule has 2 rings (SSSR count). The second kappa shape index (κ2) is 4.16. The van der Waals surface area contributed by atoms with Crippen molar-refractivity contribution in [1.29, 1.82) is 0 Å². The summed E-state index contributed by atoms with van der Waals surface area (Å²) in [7, 11) is 0. The minimum Gasteiger partial charge on any atom is -0.480 e. The van der Waals surface area contributed by atoms with Crippen molar-refractivity contribution in [1.82, 2.24) is 0 Å². The number of allylic oxidation sites excluding steroid dienone is 2. The van der Waals surface area contributed by atoms with Crippen LogP contribution in [-0.2, 0) is 4.79 Å². The molecule has 0 saturated carbocycles. The highest BCUT2D eigenvalue weighted by Crippen LogP contribution is 2.24. The quantitative estimate of drug-likeness (QED) is 0.699. The molecular weight excluding hydrogens is 216 g/mol. The fourth-order valence-electron chi connectivity index (χ4n) is 1.76. The Morgan fingerprint density at radius 1 is 1.29 bits per heavy atom. The van der Waals surface area contributed by atoms with Gasteiger partial charge in [0.25, 0.3) is 0 Å². The summed E-state index contributed by atoms with van der Waals surface area (Å²) in [5.74, 6) is -1.12. The summed E-state index contributed by atoms with van der Waals surface area (Å²) < 4.78 is 0. The Balaban J connectivity index is 2.34. The van der Waals surface area contributed by atoms with Crippen LogP contribution in [0.2, 0.25) is 0 Å². The Morgan fingerprint density at radius 2 is 1.94 bits per heavy atom. The van der Waals surface area contributed by atoms with Gasteiger partial charge in [-0.15, -0.1) is 0 Å².